The molecule has 0 saturated heterocycles. The monoisotopic (exact) mass is 201 g/mol. The van der Waals surface area contributed by atoms with Crippen LogP contribution in [-0.2, 0) is 0 Å². The van der Waals surface area contributed by atoms with Gasteiger partial charge in [-0.2, -0.15) is 0 Å². The molecule has 0 unspecified atom stereocenters. The second-order valence-corrected chi connectivity index (χ2v) is 2.90. The van der Waals surface area contributed by atoms with Crippen molar-refractivity contribution in [3.63, 3.8) is 0 Å². The second-order valence-electron chi connectivity index (χ2n) is 2.90. The Balaban J connectivity index is 2.17. The molecule has 2 rings (SSSR count). The Kier molecular flexibility index (Phi) is 2.75. The van der Waals surface area contributed by atoms with Crippen LogP contribution in [0.25, 0.3) is 0 Å². The number of hydrogen-bond acceptors (Lipinski definition) is 5. The highest BCUT2D eigenvalue weighted by Crippen LogP contribution is 2.15. The van der Waals surface area contributed by atoms with E-state index in [0.717, 1.165) is 5.69 Å². The third-order valence-corrected chi connectivity index (χ3v) is 1.81. The second kappa shape index (κ2) is 4.39. The average molecular weight is 201 g/mol. The molecule has 2 aromatic heterocycles. The van der Waals surface area contributed by atoms with Gasteiger partial charge in [0, 0.05) is 24.1 Å². The minimum Gasteiger partial charge on any atom is -0.761 e. The minimum absolute atomic E-state index is 0.469. The standard InChI is InChI=1S/C10H9N4O/c15-14-8-3-5-12-10(6-8)13-9-2-1-4-11-7-9/h1-7H,(H2-,12,13,14,15)/q-1. The van der Waals surface area contributed by atoms with E-state index in [2.05, 4.69) is 15.3 Å². The predicted octanol–water partition coefficient (Wildman–Crippen LogP) is 2.13. The number of hydrogen-bond donors (Lipinski definition) is 2. The zero-order valence-corrected chi connectivity index (χ0v) is 7.84. The van der Waals surface area contributed by atoms with Crippen LogP contribution in [0.1, 0.15) is 0 Å². The third kappa shape index (κ3) is 2.41. The molecule has 5 heteroatoms. The van der Waals surface area contributed by atoms with E-state index in [4.69, 9.17) is 0 Å². The third-order valence-electron chi connectivity index (χ3n) is 1.81. The lowest BCUT2D eigenvalue weighted by molar-refractivity contribution is 1.28. The number of pyridine rings is 2. The normalized spacial score (nSPS) is 9.67. The molecule has 76 valence electrons. The van der Waals surface area contributed by atoms with Crippen molar-refractivity contribution >= 4 is 17.2 Å². The lowest BCUT2D eigenvalue weighted by atomic mass is 10.3. The molecule has 2 aromatic rings. The van der Waals surface area contributed by atoms with Crippen LogP contribution in [0.3, 0.4) is 0 Å². The Bertz CT molecular complexity index is 432. The van der Waals surface area contributed by atoms with Crippen LogP contribution in [0.4, 0.5) is 17.2 Å². The molecular weight excluding hydrogens is 192 g/mol. The summed E-state index contributed by atoms with van der Waals surface area (Å²) in [5.41, 5.74) is 3.10. The van der Waals surface area contributed by atoms with E-state index in [1.807, 2.05) is 17.6 Å². The molecule has 0 aromatic carbocycles. The van der Waals surface area contributed by atoms with Crippen molar-refractivity contribution in [2.24, 2.45) is 0 Å². The van der Waals surface area contributed by atoms with Crippen molar-refractivity contribution in [3.8, 4) is 0 Å². The van der Waals surface area contributed by atoms with Gasteiger partial charge in [0.2, 0.25) is 0 Å². The molecule has 0 fully saturated rings. The Morgan fingerprint density at radius 1 is 1.13 bits per heavy atom. The molecule has 5 nitrogen and oxygen atoms in total. The first kappa shape index (κ1) is 9.42. The Morgan fingerprint density at radius 3 is 2.80 bits per heavy atom. The topological polar surface area (TPSA) is 72.9 Å². The SMILES string of the molecule is [O-]Nc1ccnc(Nc2cccnc2)c1. The van der Waals surface area contributed by atoms with E-state index in [0.29, 0.717) is 11.5 Å². The highest BCUT2D eigenvalue weighted by atomic mass is 16.5. The van der Waals surface area contributed by atoms with Crippen molar-refractivity contribution < 1.29 is 0 Å². The minimum atomic E-state index is 0.469. The molecule has 0 aliphatic rings. The molecular formula is C10H9N4O-. The maximum atomic E-state index is 10.4. The lowest BCUT2D eigenvalue weighted by Gasteiger charge is -2.10. The van der Waals surface area contributed by atoms with E-state index >= 15 is 0 Å². The maximum absolute atomic E-state index is 10.4. The average Bonchev–Trinajstić information content (AvgIpc) is 2.31. The van der Waals surface area contributed by atoms with Crippen molar-refractivity contribution in [1.82, 2.24) is 9.97 Å². The summed E-state index contributed by atoms with van der Waals surface area (Å²) in [7, 11) is 0. The fraction of sp³-hybridized carbons (Fsp3) is 0. The fourth-order valence-corrected chi connectivity index (χ4v) is 1.15. The molecule has 0 spiro atoms. The zero-order valence-electron chi connectivity index (χ0n) is 7.84. The molecule has 0 saturated carbocycles. The molecule has 2 N–H and O–H groups in total. The van der Waals surface area contributed by atoms with Crippen LogP contribution in [0.5, 0.6) is 0 Å². The number of nitrogens with one attached hydrogen (secondary N) is 2. The summed E-state index contributed by atoms with van der Waals surface area (Å²) in [6, 6.07) is 6.91. The van der Waals surface area contributed by atoms with Gasteiger partial charge >= 0.3 is 0 Å². The van der Waals surface area contributed by atoms with E-state index in [1.165, 1.54) is 0 Å². The molecule has 0 aliphatic carbocycles. The Labute approximate surface area is 86.8 Å². The molecule has 0 aliphatic heterocycles. The van der Waals surface area contributed by atoms with Gasteiger partial charge in [0.15, 0.2) is 0 Å². The fourth-order valence-electron chi connectivity index (χ4n) is 1.15. The van der Waals surface area contributed by atoms with Crippen LogP contribution in [0.15, 0.2) is 42.9 Å². The van der Waals surface area contributed by atoms with Crippen molar-refractivity contribution in [3.05, 3.63) is 48.1 Å². The van der Waals surface area contributed by atoms with Crippen molar-refractivity contribution in [2.75, 3.05) is 10.8 Å². The molecule has 0 radical (unpaired) electrons. The van der Waals surface area contributed by atoms with Gasteiger partial charge in [-0.25, -0.2) is 4.98 Å². The molecule has 0 atom stereocenters. The van der Waals surface area contributed by atoms with Crippen LogP contribution in [0.2, 0.25) is 0 Å². The predicted molar refractivity (Wildman–Crippen MR) is 58.7 cm³/mol. The summed E-state index contributed by atoms with van der Waals surface area (Å²) >= 11 is 0. The van der Waals surface area contributed by atoms with E-state index in [-0.39, 0.29) is 0 Å². The molecule has 0 bridgehead atoms. The first-order valence-electron chi connectivity index (χ1n) is 4.40. The van der Waals surface area contributed by atoms with Gasteiger partial charge in [-0.1, -0.05) is 0 Å². The van der Waals surface area contributed by atoms with Gasteiger partial charge < -0.3 is 16.0 Å². The largest absolute Gasteiger partial charge is 0.761 e. The summed E-state index contributed by atoms with van der Waals surface area (Å²) in [4.78, 5) is 8.02. The van der Waals surface area contributed by atoms with E-state index in [9.17, 15) is 5.21 Å². The number of rotatable bonds is 3. The van der Waals surface area contributed by atoms with Crippen LogP contribution in [0, 0.1) is 5.21 Å². The first-order chi connectivity index (χ1) is 7.38. The summed E-state index contributed by atoms with van der Waals surface area (Å²) in [6.45, 7) is 0. The number of aromatic nitrogens is 2. The Hall–Kier alpha value is -2.14. The molecule has 2 heterocycles. The van der Waals surface area contributed by atoms with Crippen LogP contribution >= 0.6 is 0 Å². The van der Waals surface area contributed by atoms with Gasteiger partial charge in [0.25, 0.3) is 0 Å². The first-order valence-corrected chi connectivity index (χ1v) is 4.40. The van der Waals surface area contributed by atoms with Gasteiger partial charge in [-0.05, 0) is 18.2 Å². The highest BCUT2D eigenvalue weighted by molar-refractivity contribution is 5.59. The summed E-state index contributed by atoms with van der Waals surface area (Å²) in [6.07, 6.45) is 4.92. The summed E-state index contributed by atoms with van der Waals surface area (Å²) in [5, 5.41) is 13.4. The van der Waals surface area contributed by atoms with Gasteiger partial charge in [0.05, 0.1) is 11.9 Å². The number of anilines is 3. The van der Waals surface area contributed by atoms with Gasteiger partial charge in [-0.3, -0.25) is 4.98 Å². The highest BCUT2D eigenvalue weighted by Gasteiger charge is 1.95. The maximum Gasteiger partial charge on any atom is 0.132 e. The quantitative estimate of drug-likeness (QED) is 0.744. The zero-order chi connectivity index (χ0) is 10.5. The van der Waals surface area contributed by atoms with Gasteiger partial charge in [0.1, 0.15) is 5.82 Å². The van der Waals surface area contributed by atoms with Crippen LogP contribution in [-0.4, -0.2) is 9.97 Å². The van der Waals surface area contributed by atoms with Gasteiger partial charge in [-0.15, -0.1) is 0 Å². The van der Waals surface area contributed by atoms with Crippen LogP contribution < -0.4 is 10.8 Å². The van der Waals surface area contributed by atoms with Crippen molar-refractivity contribution in [1.29, 1.82) is 0 Å². The molecule has 0 amide bonds. The Morgan fingerprint density at radius 2 is 2.07 bits per heavy atom. The number of nitrogens with zero attached hydrogens (tertiary/aromatic N) is 2. The van der Waals surface area contributed by atoms with Crippen molar-refractivity contribution in [2.45, 2.75) is 0 Å². The van der Waals surface area contributed by atoms with E-state index < -0.39 is 0 Å². The molecule has 15 heavy (non-hydrogen) atoms. The van der Waals surface area contributed by atoms with E-state index in [1.54, 1.807) is 30.7 Å². The summed E-state index contributed by atoms with van der Waals surface area (Å²) in [5.74, 6) is 0.601. The lowest BCUT2D eigenvalue weighted by Crippen LogP contribution is -1.94. The smallest absolute Gasteiger partial charge is 0.132 e. The summed E-state index contributed by atoms with van der Waals surface area (Å²) < 4.78 is 0.